The van der Waals surface area contributed by atoms with E-state index in [1.807, 2.05) is 24.3 Å². The first-order chi connectivity index (χ1) is 14.5. The summed E-state index contributed by atoms with van der Waals surface area (Å²) in [6, 6.07) is 7.63. The van der Waals surface area contributed by atoms with Gasteiger partial charge in [-0.25, -0.2) is 0 Å². The van der Waals surface area contributed by atoms with Crippen molar-refractivity contribution in [3.8, 4) is 5.75 Å². The van der Waals surface area contributed by atoms with Gasteiger partial charge in [0.25, 0.3) is 6.47 Å². The number of aliphatic hydroxyl groups excluding tert-OH is 1. The zero-order chi connectivity index (χ0) is 21.8. The second kappa shape index (κ2) is 12.5. The smallest absolute Gasteiger partial charge is 0.290 e. The molecule has 162 valence electrons. The molecule has 1 fully saturated rings. The van der Waals surface area contributed by atoms with Gasteiger partial charge in [0, 0.05) is 57.1 Å². The van der Waals surface area contributed by atoms with Crippen LogP contribution >= 0.6 is 0 Å². The van der Waals surface area contributed by atoms with Crippen molar-refractivity contribution in [1.29, 1.82) is 0 Å². The molecule has 1 aromatic heterocycles. The highest BCUT2D eigenvalue weighted by Gasteiger charge is 2.31. The summed E-state index contributed by atoms with van der Waals surface area (Å²) in [5.41, 5.74) is 1.92. The minimum absolute atomic E-state index is 0.0117. The zero-order valence-electron chi connectivity index (χ0n) is 17.0. The van der Waals surface area contributed by atoms with Gasteiger partial charge in [0.1, 0.15) is 5.75 Å². The molecule has 3 N–H and O–H groups in total. The average Bonchev–Trinajstić information content (AvgIpc) is 3.11. The van der Waals surface area contributed by atoms with E-state index in [9.17, 15) is 9.90 Å². The maximum Gasteiger partial charge on any atom is 0.290 e. The van der Waals surface area contributed by atoms with Crippen molar-refractivity contribution in [2.24, 2.45) is 5.92 Å². The van der Waals surface area contributed by atoms with Crippen LogP contribution in [0.4, 0.5) is 0 Å². The Morgan fingerprint density at radius 3 is 2.67 bits per heavy atom. The van der Waals surface area contributed by atoms with Gasteiger partial charge in [-0.1, -0.05) is 12.1 Å². The first-order valence-corrected chi connectivity index (χ1v) is 9.68. The van der Waals surface area contributed by atoms with Gasteiger partial charge in [-0.15, -0.1) is 0 Å². The number of nitrogens with one attached hydrogen (secondary N) is 1. The standard InChI is InChI=1S/C20H26N4O3.CH2O2/c1-27-18-4-2-15(3-5-18)11-23-20(26)6-9-24-13-16(19(25)14-24)10-17-12-21-7-8-22-17;2-1-3/h2-5,7-8,12,16,19,25H,6,9-11,13-14H2,1H3,(H,23,26);1H,(H,2,3)/t16-,19-;/m1./s1. The van der Waals surface area contributed by atoms with Crippen LogP contribution in [0.3, 0.4) is 0 Å². The number of nitrogens with zero attached hydrogens (tertiary/aromatic N) is 3. The van der Waals surface area contributed by atoms with Crippen LogP contribution in [0.2, 0.25) is 0 Å². The highest BCUT2D eigenvalue weighted by Crippen LogP contribution is 2.20. The molecule has 0 unspecified atom stereocenters. The molecule has 9 heteroatoms. The van der Waals surface area contributed by atoms with E-state index in [-0.39, 0.29) is 18.3 Å². The summed E-state index contributed by atoms with van der Waals surface area (Å²) in [7, 11) is 1.63. The molecular weight excluding hydrogens is 388 g/mol. The molecule has 1 aliphatic heterocycles. The van der Waals surface area contributed by atoms with Crippen molar-refractivity contribution in [2.45, 2.75) is 25.5 Å². The number of methoxy groups -OCH3 is 1. The number of ether oxygens (including phenoxy) is 1. The van der Waals surface area contributed by atoms with Crippen LogP contribution in [0.5, 0.6) is 5.75 Å². The number of carbonyl (C=O) groups excluding carboxylic acids is 1. The number of aromatic nitrogens is 2. The van der Waals surface area contributed by atoms with Gasteiger partial charge in [-0.2, -0.15) is 0 Å². The molecule has 2 atom stereocenters. The number of likely N-dealkylation sites (tertiary alicyclic amines) is 1. The van der Waals surface area contributed by atoms with Crippen LogP contribution in [0, 0.1) is 5.92 Å². The van der Waals surface area contributed by atoms with Gasteiger partial charge in [0.15, 0.2) is 0 Å². The number of carboxylic acid groups (broad SMARTS) is 1. The summed E-state index contributed by atoms with van der Waals surface area (Å²) in [6.07, 6.45) is 5.78. The largest absolute Gasteiger partial charge is 0.497 e. The van der Waals surface area contributed by atoms with Gasteiger partial charge in [-0.3, -0.25) is 24.5 Å². The van der Waals surface area contributed by atoms with E-state index < -0.39 is 6.10 Å². The van der Waals surface area contributed by atoms with E-state index in [1.165, 1.54) is 0 Å². The summed E-state index contributed by atoms with van der Waals surface area (Å²) >= 11 is 0. The van der Waals surface area contributed by atoms with E-state index >= 15 is 0 Å². The minimum atomic E-state index is -0.394. The number of benzene rings is 1. The SMILES string of the molecule is COc1ccc(CNC(=O)CCN2C[C@@H](Cc3cnccn3)[C@H](O)C2)cc1.O=CO. The van der Waals surface area contributed by atoms with E-state index in [2.05, 4.69) is 20.2 Å². The van der Waals surface area contributed by atoms with Gasteiger partial charge in [0.2, 0.25) is 5.91 Å². The van der Waals surface area contributed by atoms with Crippen LogP contribution in [-0.4, -0.2) is 70.3 Å². The monoisotopic (exact) mass is 416 g/mol. The molecule has 30 heavy (non-hydrogen) atoms. The molecule has 0 aliphatic carbocycles. The number of aliphatic hydroxyl groups is 1. The number of carbonyl (C=O) groups is 2. The first kappa shape index (κ1) is 23.2. The van der Waals surface area contributed by atoms with Crippen LogP contribution in [0.15, 0.2) is 42.9 Å². The van der Waals surface area contributed by atoms with Crippen molar-refractivity contribution < 1.29 is 24.5 Å². The lowest BCUT2D eigenvalue weighted by Gasteiger charge is -2.15. The molecule has 0 bridgehead atoms. The maximum atomic E-state index is 12.1. The van der Waals surface area contributed by atoms with Gasteiger partial charge in [-0.05, 0) is 24.1 Å². The summed E-state index contributed by atoms with van der Waals surface area (Å²) < 4.78 is 5.12. The molecule has 1 aliphatic rings. The molecule has 2 heterocycles. The highest BCUT2D eigenvalue weighted by molar-refractivity contribution is 5.76. The second-order valence-corrected chi connectivity index (χ2v) is 6.97. The lowest BCUT2D eigenvalue weighted by Crippen LogP contribution is -2.30. The Morgan fingerprint density at radius 2 is 2.03 bits per heavy atom. The number of hydrogen-bond donors (Lipinski definition) is 3. The molecule has 0 spiro atoms. The third kappa shape index (κ3) is 7.76. The van der Waals surface area contributed by atoms with E-state index in [0.717, 1.165) is 23.6 Å². The Bertz CT molecular complexity index is 773. The molecular formula is C21H28N4O5. The average molecular weight is 416 g/mol. The number of amides is 1. The summed E-state index contributed by atoms with van der Waals surface area (Å²) in [6.45, 7) is 2.25. The van der Waals surface area contributed by atoms with Crippen molar-refractivity contribution in [1.82, 2.24) is 20.2 Å². The van der Waals surface area contributed by atoms with Crippen molar-refractivity contribution in [3.63, 3.8) is 0 Å². The molecule has 0 saturated carbocycles. The third-order valence-electron chi connectivity index (χ3n) is 4.87. The zero-order valence-corrected chi connectivity index (χ0v) is 17.0. The fourth-order valence-electron chi connectivity index (χ4n) is 3.32. The molecule has 1 saturated heterocycles. The first-order valence-electron chi connectivity index (χ1n) is 9.68. The Balaban J connectivity index is 0.00000101. The fourth-order valence-corrected chi connectivity index (χ4v) is 3.32. The van der Waals surface area contributed by atoms with Crippen molar-refractivity contribution in [3.05, 3.63) is 54.1 Å². The molecule has 3 rings (SSSR count). The maximum absolute atomic E-state index is 12.1. The predicted molar refractivity (Wildman–Crippen MR) is 110 cm³/mol. The Morgan fingerprint density at radius 1 is 1.30 bits per heavy atom. The van der Waals surface area contributed by atoms with E-state index in [4.69, 9.17) is 14.6 Å². The molecule has 1 amide bonds. The highest BCUT2D eigenvalue weighted by atomic mass is 16.5. The van der Waals surface area contributed by atoms with E-state index in [1.54, 1.807) is 25.7 Å². The van der Waals surface area contributed by atoms with Gasteiger partial charge < -0.3 is 20.3 Å². The summed E-state index contributed by atoms with van der Waals surface area (Å²) in [5, 5.41) is 20.1. The van der Waals surface area contributed by atoms with Crippen LogP contribution < -0.4 is 10.1 Å². The van der Waals surface area contributed by atoms with E-state index in [0.29, 0.717) is 32.5 Å². The predicted octanol–water partition coefficient (Wildman–Crippen LogP) is 0.728. The fraction of sp³-hybridized carbons (Fsp3) is 0.429. The minimum Gasteiger partial charge on any atom is -0.497 e. The lowest BCUT2D eigenvalue weighted by molar-refractivity contribution is -0.123. The Labute approximate surface area is 175 Å². The summed E-state index contributed by atoms with van der Waals surface area (Å²) in [5.74, 6) is 0.940. The molecule has 9 nitrogen and oxygen atoms in total. The third-order valence-corrected chi connectivity index (χ3v) is 4.87. The molecule has 1 aromatic carbocycles. The quantitative estimate of drug-likeness (QED) is 0.538. The summed E-state index contributed by atoms with van der Waals surface area (Å²) in [4.78, 5) is 30.9. The Kier molecular flexibility index (Phi) is 9.69. The van der Waals surface area contributed by atoms with Crippen LogP contribution in [0.1, 0.15) is 17.7 Å². The molecule has 0 radical (unpaired) electrons. The van der Waals surface area contributed by atoms with Crippen LogP contribution in [-0.2, 0) is 22.6 Å². The van der Waals surface area contributed by atoms with Crippen LogP contribution in [0.25, 0.3) is 0 Å². The van der Waals surface area contributed by atoms with Gasteiger partial charge >= 0.3 is 0 Å². The topological polar surface area (TPSA) is 125 Å². The number of rotatable bonds is 8. The lowest BCUT2D eigenvalue weighted by atomic mass is 10.0. The van der Waals surface area contributed by atoms with Crippen molar-refractivity contribution >= 4 is 12.4 Å². The second-order valence-electron chi connectivity index (χ2n) is 6.97. The van der Waals surface area contributed by atoms with Gasteiger partial charge in [0.05, 0.1) is 18.9 Å². The normalized spacial score (nSPS) is 18.2. The Hall–Kier alpha value is -3.04. The molecule has 2 aromatic rings. The van der Waals surface area contributed by atoms with Crippen molar-refractivity contribution in [2.75, 3.05) is 26.7 Å². The number of hydrogen-bond acceptors (Lipinski definition) is 7. The number of β-amino-alcohol motifs (C(OH)–C–C–N with tert-alkyl or cyclic N) is 1.